The van der Waals surface area contributed by atoms with E-state index in [1.807, 2.05) is 54.6 Å². The molecule has 2 aromatic carbocycles. The van der Waals surface area contributed by atoms with Crippen molar-refractivity contribution in [2.75, 3.05) is 26.0 Å². The Balaban J connectivity index is 1.80. The van der Waals surface area contributed by atoms with E-state index in [9.17, 15) is 9.00 Å². The monoisotopic (exact) mass is 346 g/mol. The maximum Gasteiger partial charge on any atom is 0.257 e. The summed E-state index contributed by atoms with van der Waals surface area (Å²) in [5.41, 5.74) is 0.965. The zero-order chi connectivity index (χ0) is 17.2. The van der Waals surface area contributed by atoms with Gasteiger partial charge in [-0.2, -0.15) is 0 Å². The predicted molar refractivity (Wildman–Crippen MR) is 95.4 cm³/mol. The number of carbonyl (C=O) groups excluding carboxylic acids is 1. The van der Waals surface area contributed by atoms with Crippen LogP contribution in [0.1, 0.15) is 5.56 Å². The molecule has 5 nitrogen and oxygen atoms in total. The highest BCUT2D eigenvalue weighted by atomic mass is 32.2. The van der Waals surface area contributed by atoms with Crippen molar-refractivity contribution in [3.8, 4) is 5.75 Å². The number of carbonyl (C=O) groups is 1. The quantitative estimate of drug-likeness (QED) is 0.679. The fraction of sp³-hybridized carbons (Fsp3) is 0.278. The third kappa shape index (κ3) is 5.79. The van der Waals surface area contributed by atoms with Crippen molar-refractivity contribution in [1.82, 2.24) is 10.6 Å². The van der Waals surface area contributed by atoms with Gasteiger partial charge in [-0.1, -0.05) is 36.4 Å². The Kier molecular flexibility index (Phi) is 7.45. The molecule has 0 bridgehead atoms. The van der Waals surface area contributed by atoms with E-state index >= 15 is 0 Å². The molecule has 0 saturated carbocycles. The summed E-state index contributed by atoms with van der Waals surface area (Å²) < 4.78 is 17.7. The normalized spacial score (nSPS) is 11.7. The molecule has 128 valence electrons. The molecule has 0 spiro atoms. The number of ether oxygens (including phenoxy) is 1. The van der Waals surface area contributed by atoms with Crippen LogP contribution in [0.4, 0.5) is 0 Å². The van der Waals surface area contributed by atoms with Gasteiger partial charge < -0.3 is 15.4 Å². The van der Waals surface area contributed by atoms with Gasteiger partial charge in [-0.15, -0.1) is 0 Å². The Morgan fingerprint density at radius 2 is 1.79 bits per heavy atom. The molecule has 24 heavy (non-hydrogen) atoms. The molecule has 0 radical (unpaired) electrons. The van der Waals surface area contributed by atoms with E-state index in [-0.39, 0.29) is 12.5 Å². The summed E-state index contributed by atoms with van der Waals surface area (Å²) in [6, 6.07) is 17.0. The van der Waals surface area contributed by atoms with Crippen LogP contribution in [-0.2, 0) is 22.1 Å². The van der Waals surface area contributed by atoms with Crippen LogP contribution in [0.3, 0.4) is 0 Å². The van der Waals surface area contributed by atoms with Crippen molar-refractivity contribution in [2.45, 2.75) is 11.4 Å². The van der Waals surface area contributed by atoms with Gasteiger partial charge in [0.15, 0.2) is 6.61 Å². The Morgan fingerprint density at radius 3 is 2.54 bits per heavy atom. The number of hydrogen-bond acceptors (Lipinski definition) is 4. The summed E-state index contributed by atoms with van der Waals surface area (Å²) >= 11 is 0. The Hall–Kier alpha value is -2.18. The van der Waals surface area contributed by atoms with Gasteiger partial charge >= 0.3 is 0 Å². The predicted octanol–water partition coefficient (Wildman–Crippen LogP) is 1.71. The van der Waals surface area contributed by atoms with Crippen molar-refractivity contribution in [3.05, 3.63) is 60.2 Å². The van der Waals surface area contributed by atoms with Gasteiger partial charge in [-0.3, -0.25) is 9.00 Å². The highest BCUT2D eigenvalue weighted by molar-refractivity contribution is 7.85. The van der Waals surface area contributed by atoms with Crippen LogP contribution < -0.4 is 15.4 Å². The number of amides is 1. The lowest BCUT2D eigenvalue weighted by molar-refractivity contribution is -0.122. The van der Waals surface area contributed by atoms with E-state index in [0.717, 1.165) is 10.5 Å². The van der Waals surface area contributed by atoms with Crippen molar-refractivity contribution >= 4 is 16.7 Å². The lowest BCUT2D eigenvalue weighted by Crippen LogP contribution is -2.25. The van der Waals surface area contributed by atoms with Crippen LogP contribution in [0.15, 0.2) is 59.5 Å². The fourth-order valence-electron chi connectivity index (χ4n) is 2.08. The largest absolute Gasteiger partial charge is 0.483 e. The molecule has 0 saturated heterocycles. The van der Waals surface area contributed by atoms with Gasteiger partial charge in [0.1, 0.15) is 5.75 Å². The highest BCUT2D eigenvalue weighted by Gasteiger charge is 2.06. The number of para-hydroxylation sites is 1. The molecule has 2 N–H and O–H groups in total. The van der Waals surface area contributed by atoms with Gasteiger partial charge in [-0.25, -0.2) is 0 Å². The third-order valence-electron chi connectivity index (χ3n) is 3.40. The maximum absolute atomic E-state index is 12.1. The van der Waals surface area contributed by atoms with Crippen molar-refractivity contribution in [3.63, 3.8) is 0 Å². The number of hydrogen-bond donors (Lipinski definition) is 2. The van der Waals surface area contributed by atoms with Gasteiger partial charge in [0.2, 0.25) is 0 Å². The topological polar surface area (TPSA) is 67.4 Å². The van der Waals surface area contributed by atoms with E-state index in [2.05, 4.69) is 10.6 Å². The molecule has 0 heterocycles. The van der Waals surface area contributed by atoms with E-state index in [1.165, 1.54) is 0 Å². The number of benzene rings is 2. The molecular weight excluding hydrogens is 324 g/mol. The third-order valence-corrected chi connectivity index (χ3v) is 4.77. The van der Waals surface area contributed by atoms with Gasteiger partial charge in [0, 0.05) is 36.3 Å². The summed E-state index contributed by atoms with van der Waals surface area (Å²) in [6.07, 6.45) is 0. The average Bonchev–Trinajstić information content (AvgIpc) is 2.64. The highest BCUT2D eigenvalue weighted by Crippen LogP contribution is 2.17. The van der Waals surface area contributed by atoms with Crippen molar-refractivity contribution in [1.29, 1.82) is 0 Å². The smallest absolute Gasteiger partial charge is 0.257 e. The second kappa shape index (κ2) is 9.85. The van der Waals surface area contributed by atoms with Crippen molar-refractivity contribution < 1.29 is 13.7 Å². The first-order valence-corrected chi connectivity index (χ1v) is 9.08. The van der Waals surface area contributed by atoms with Gasteiger partial charge in [-0.05, 0) is 18.2 Å². The van der Waals surface area contributed by atoms with Crippen LogP contribution >= 0.6 is 0 Å². The van der Waals surface area contributed by atoms with E-state index in [0.29, 0.717) is 24.6 Å². The van der Waals surface area contributed by atoms with E-state index in [1.54, 1.807) is 7.05 Å². The summed E-state index contributed by atoms with van der Waals surface area (Å²) in [5.74, 6) is 1.06. The number of nitrogens with one attached hydrogen (secondary N) is 2. The SMILES string of the molecule is CNC(=O)COc1ccccc1CNCC[S@](=O)c1ccccc1. The molecule has 1 amide bonds. The summed E-state index contributed by atoms with van der Waals surface area (Å²) in [7, 11) is 0.571. The second-order valence-electron chi connectivity index (χ2n) is 5.11. The van der Waals surface area contributed by atoms with Crippen molar-refractivity contribution in [2.24, 2.45) is 0 Å². The lowest BCUT2D eigenvalue weighted by atomic mass is 10.2. The average molecular weight is 346 g/mol. The summed E-state index contributed by atoms with van der Waals surface area (Å²) in [6.45, 7) is 1.22. The second-order valence-corrected chi connectivity index (χ2v) is 6.68. The molecule has 2 aromatic rings. The molecule has 0 fully saturated rings. The molecule has 2 rings (SSSR count). The molecule has 0 aliphatic heterocycles. The maximum atomic E-state index is 12.1. The molecule has 0 aliphatic rings. The molecule has 0 aliphatic carbocycles. The number of rotatable bonds is 9. The summed E-state index contributed by atoms with van der Waals surface area (Å²) in [5, 5.41) is 5.79. The van der Waals surface area contributed by atoms with Gasteiger partial charge in [0.05, 0.1) is 10.8 Å². The molecule has 0 aromatic heterocycles. The minimum atomic E-state index is -1.00. The van der Waals surface area contributed by atoms with Crippen LogP contribution in [0, 0.1) is 0 Å². The van der Waals surface area contributed by atoms with E-state index in [4.69, 9.17) is 4.74 Å². The lowest BCUT2D eigenvalue weighted by Gasteiger charge is -2.11. The fourth-order valence-corrected chi connectivity index (χ4v) is 3.11. The Morgan fingerprint density at radius 1 is 1.08 bits per heavy atom. The van der Waals surface area contributed by atoms with Crippen LogP contribution in [0.2, 0.25) is 0 Å². The standard InChI is InChI=1S/C18H22N2O3S/c1-19-18(21)14-23-17-10-6-5-7-15(17)13-20-11-12-24(22)16-8-3-2-4-9-16/h2-10,20H,11-14H2,1H3,(H,19,21)/t24-/m0/s1. The van der Waals surface area contributed by atoms with Crippen LogP contribution in [0.5, 0.6) is 5.75 Å². The number of likely N-dealkylation sites (N-methyl/N-ethyl adjacent to an activating group) is 1. The Bertz CT molecular complexity index is 677. The minimum Gasteiger partial charge on any atom is -0.483 e. The first-order valence-electron chi connectivity index (χ1n) is 7.76. The molecule has 6 heteroatoms. The van der Waals surface area contributed by atoms with Gasteiger partial charge in [0.25, 0.3) is 5.91 Å². The molecule has 1 atom stereocenters. The summed E-state index contributed by atoms with van der Waals surface area (Å²) in [4.78, 5) is 12.1. The zero-order valence-corrected chi connectivity index (χ0v) is 14.5. The first-order chi connectivity index (χ1) is 11.7. The van der Waals surface area contributed by atoms with E-state index < -0.39 is 10.8 Å². The molecule has 0 unspecified atom stereocenters. The zero-order valence-electron chi connectivity index (χ0n) is 13.7. The minimum absolute atomic E-state index is 0.00840. The van der Waals surface area contributed by atoms with Crippen LogP contribution in [0.25, 0.3) is 0 Å². The molecular formula is C18H22N2O3S. The first kappa shape index (κ1) is 18.2. The Labute approximate surface area is 144 Å². The van der Waals surface area contributed by atoms with Crippen LogP contribution in [-0.4, -0.2) is 36.1 Å².